The van der Waals surface area contributed by atoms with Crippen LogP contribution in [0.3, 0.4) is 0 Å². The first-order chi connectivity index (χ1) is 6.31. The second kappa shape index (κ2) is 8.75. The van der Waals surface area contributed by atoms with E-state index in [1.54, 1.807) is 0 Å². The number of nitrogens with one attached hydrogen (secondary N) is 1. The van der Waals surface area contributed by atoms with E-state index in [-0.39, 0.29) is 62.5 Å². The van der Waals surface area contributed by atoms with E-state index in [0.717, 1.165) is 0 Å². The van der Waals surface area contributed by atoms with Crippen LogP contribution in [0.25, 0.3) is 0 Å². The maximum Gasteiger partial charge on any atom is 2.00 e. The van der Waals surface area contributed by atoms with E-state index < -0.39 is 15.9 Å². The second-order valence-electron chi connectivity index (χ2n) is 3.56. The third-order valence-corrected chi connectivity index (χ3v) is 2.28. The summed E-state index contributed by atoms with van der Waals surface area (Å²) in [5.41, 5.74) is 0. The van der Waals surface area contributed by atoms with E-state index in [2.05, 4.69) is 5.32 Å². The first-order valence-corrected chi connectivity index (χ1v) is 6.09. The first-order valence-electron chi connectivity index (χ1n) is 4.51. The molecule has 0 aromatic heterocycles. The molecule has 0 fully saturated rings. The van der Waals surface area contributed by atoms with E-state index in [4.69, 9.17) is 0 Å². The SMILES string of the molecule is CC(C)CC(=O)NCCCS(=O)(=O)[O-].[Ca+2]. The molecule has 0 saturated heterocycles. The molecule has 0 radical (unpaired) electrons. The van der Waals surface area contributed by atoms with Crippen molar-refractivity contribution in [3.63, 3.8) is 0 Å². The molecular formula is C8H16CaNO4S+. The van der Waals surface area contributed by atoms with Crippen molar-refractivity contribution in [2.75, 3.05) is 12.3 Å². The van der Waals surface area contributed by atoms with Gasteiger partial charge in [-0.2, -0.15) is 0 Å². The van der Waals surface area contributed by atoms with Gasteiger partial charge in [0.1, 0.15) is 0 Å². The van der Waals surface area contributed by atoms with E-state index >= 15 is 0 Å². The first kappa shape index (κ1) is 18.0. The predicted octanol–water partition coefficient (Wildman–Crippen LogP) is -0.297. The van der Waals surface area contributed by atoms with E-state index in [1.165, 1.54) is 0 Å². The molecule has 1 N–H and O–H groups in total. The molecule has 0 aliphatic rings. The minimum Gasteiger partial charge on any atom is -0.748 e. The van der Waals surface area contributed by atoms with Crippen molar-refractivity contribution in [1.29, 1.82) is 0 Å². The van der Waals surface area contributed by atoms with Crippen LogP contribution in [0.5, 0.6) is 0 Å². The fraction of sp³-hybridized carbons (Fsp3) is 0.875. The Morgan fingerprint density at radius 3 is 2.33 bits per heavy atom. The van der Waals surface area contributed by atoms with Crippen molar-refractivity contribution in [2.24, 2.45) is 5.92 Å². The standard InChI is InChI=1S/C8H17NO4S.Ca/c1-7(2)6-8(10)9-4-3-5-14(11,12)13;/h7H,3-6H2,1-2H3,(H,9,10)(H,11,12,13);/q;+2/p-1. The van der Waals surface area contributed by atoms with Crippen LogP contribution < -0.4 is 5.32 Å². The molecule has 15 heavy (non-hydrogen) atoms. The molecule has 7 heteroatoms. The third-order valence-electron chi connectivity index (χ3n) is 1.49. The van der Waals surface area contributed by atoms with Gasteiger partial charge in [-0.15, -0.1) is 0 Å². The van der Waals surface area contributed by atoms with Crippen LogP contribution in [0.1, 0.15) is 26.7 Å². The molecule has 0 aromatic carbocycles. The minimum absolute atomic E-state index is 0. The smallest absolute Gasteiger partial charge is 0.748 e. The average molecular weight is 262 g/mol. The Balaban J connectivity index is 0. The number of carbonyl (C=O) groups is 1. The number of hydrogen-bond acceptors (Lipinski definition) is 4. The molecular weight excluding hydrogens is 246 g/mol. The number of rotatable bonds is 6. The Morgan fingerprint density at radius 1 is 1.40 bits per heavy atom. The van der Waals surface area contributed by atoms with Crippen molar-refractivity contribution in [1.82, 2.24) is 5.32 Å². The van der Waals surface area contributed by atoms with Gasteiger partial charge in [-0.25, -0.2) is 8.42 Å². The van der Waals surface area contributed by atoms with Gasteiger partial charge < -0.3 is 9.87 Å². The summed E-state index contributed by atoms with van der Waals surface area (Å²) in [7, 11) is -4.15. The Labute approximate surface area is 121 Å². The number of carbonyl (C=O) groups excluding carboxylic acids is 1. The topological polar surface area (TPSA) is 86.3 Å². The fourth-order valence-corrected chi connectivity index (χ4v) is 1.42. The average Bonchev–Trinajstić information content (AvgIpc) is 1.95. The number of amides is 1. The molecule has 84 valence electrons. The molecule has 0 bridgehead atoms. The zero-order chi connectivity index (χ0) is 11.2. The van der Waals surface area contributed by atoms with E-state index in [9.17, 15) is 17.8 Å². The summed E-state index contributed by atoms with van der Waals surface area (Å²) in [5.74, 6) is -0.254. The summed E-state index contributed by atoms with van der Waals surface area (Å²) in [4.78, 5) is 11.0. The van der Waals surface area contributed by atoms with Crippen LogP contribution in [0.15, 0.2) is 0 Å². The number of hydrogen-bond donors (Lipinski definition) is 1. The molecule has 0 spiro atoms. The van der Waals surface area contributed by atoms with Gasteiger partial charge in [0.25, 0.3) is 0 Å². The van der Waals surface area contributed by atoms with Crippen molar-refractivity contribution < 1.29 is 17.8 Å². The summed E-state index contributed by atoms with van der Waals surface area (Å²) < 4.78 is 30.6. The van der Waals surface area contributed by atoms with Crippen molar-refractivity contribution >= 4 is 53.8 Å². The van der Waals surface area contributed by atoms with Gasteiger partial charge in [-0.1, -0.05) is 13.8 Å². The molecule has 0 unspecified atom stereocenters. The van der Waals surface area contributed by atoms with Crippen LogP contribution in [-0.2, 0) is 14.9 Å². The largest absolute Gasteiger partial charge is 2.00 e. The van der Waals surface area contributed by atoms with Crippen molar-refractivity contribution in [3.05, 3.63) is 0 Å². The van der Waals surface area contributed by atoms with Crippen molar-refractivity contribution in [3.8, 4) is 0 Å². The van der Waals surface area contributed by atoms with Gasteiger partial charge in [0.2, 0.25) is 5.91 Å². The van der Waals surface area contributed by atoms with Crippen LogP contribution >= 0.6 is 0 Å². The quantitative estimate of drug-likeness (QED) is 0.404. The van der Waals surface area contributed by atoms with Gasteiger partial charge in [-0.05, 0) is 12.3 Å². The molecule has 0 rings (SSSR count). The minimum atomic E-state index is -4.15. The molecule has 0 saturated carbocycles. The summed E-state index contributed by atoms with van der Waals surface area (Å²) in [6.07, 6.45) is 0.597. The molecule has 0 aliphatic heterocycles. The Bertz CT molecular complexity index is 276. The maximum absolute atomic E-state index is 11.0. The third kappa shape index (κ3) is 14.6. The van der Waals surface area contributed by atoms with Gasteiger partial charge in [-0.3, -0.25) is 4.79 Å². The van der Waals surface area contributed by atoms with Crippen molar-refractivity contribution in [2.45, 2.75) is 26.7 Å². The van der Waals surface area contributed by atoms with Crippen LogP contribution in [0.2, 0.25) is 0 Å². The monoisotopic (exact) mass is 262 g/mol. The molecule has 5 nitrogen and oxygen atoms in total. The Kier molecular flexibility index (Phi) is 10.5. The zero-order valence-corrected chi connectivity index (χ0v) is 12.2. The zero-order valence-electron chi connectivity index (χ0n) is 9.15. The predicted molar refractivity (Wildman–Crippen MR) is 57.4 cm³/mol. The van der Waals surface area contributed by atoms with Gasteiger partial charge in [0.05, 0.1) is 10.1 Å². The second-order valence-corrected chi connectivity index (χ2v) is 5.09. The van der Waals surface area contributed by atoms with Gasteiger partial charge >= 0.3 is 37.7 Å². The van der Waals surface area contributed by atoms with Gasteiger partial charge in [0.15, 0.2) is 0 Å². The summed E-state index contributed by atoms with van der Waals surface area (Å²) in [6.45, 7) is 4.08. The van der Waals surface area contributed by atoms with Crippen LogP contribution in [-0.4, -0.2) is 68.9 Å². The molecule has 0 heterocycles. The van der Waals surface area contributed by atoms with Crippen LogP contribution in [0, 0.1) is 5.92 Å². The molecule has 1 amide bonds. The molecule has 0 aliphatic carbocycles. The van der Waals surface area contributed by atoms with E-state index in [1.807, 2.05) is 13.8 Å². The fourth-order valence-electron chi connectivity index (χ4n) is 0.920. The Hall–Kier alpha value is 0.640. The Morgan fingerprint density at radius 2 is 1.93 bits per heavy atom. The summed E-state index contributed by atoms with van der Waals surface area (Å²) in [5, 5.41) is 2.54. The van der Waals surface area contributed by atoms with Crippen LogP contribution in [0.4, 0.5) is 0 Å². The normalized spacial score (nSPS) is 10.9. The summed E-state index contributed by atoms with van der Waals surface area (Å²) >= 11 is 0. The maximum atomic E-state index is 11.0. The van der Waals surface area contributed by atoms with Gasteiger partial charge in [0, 0.05) is 18.7 Å². The molecule has 0 atom stereocenters. The summed E-state index contributed by atoms with van der Waals surface area (Å²) in [6, 6.07) is 0. The molecule has 0 aromatic rings. The van der Waals surface area contributed by atoms with E-state index in [0.29, 0.717) is 6.42 Å².